The van der Waals surface area contributed by atoms with E-state index in [0.717, 1.165) is 16.8 Å². The summed E-state index contributed by atoms with van der Waals surface area (Å²) < 4.78 is 27.2. The summed E-state index contributed by atoms with van der Waals surface area (Å²) in [6.45, 7) is 0.597. The van der Waals surface area contributed by atoms with Gasteiger partial charge in [0.2, 0.25) is 0 Å². The lowest BCUT2D eigenvalue weighted by atomic mass is 9.94. The predicted molar refractivity (Wildman–Crippen MR) is 99.3 cm³/mol. The average molecular weight is 363 g/mol. The van der Waals surface area contributed by atoms with Crippen LogP contribution in [-0.4, -0.2) is 34.0 Å². The van der Waals surface area contributed by atoms with Gasteiger partial charge in [0.25, 0.3) is 5.92 Å². The highest BCUT2D eigenvalue weighted by atomic mass is 19.3. The second-order valence-corrected chi connectivity index (χ2v) is 7.23. The second kappa shape index (κ2) is 5.13. The normalized spacial score (nSPS) is 18.9. The maximum atomic E-state index is 13.6. The van der Waals surface area contributed by atoms with E-state index < -0.39 is 11.3 Å². The monoisotopic (exact) mass is 363 g/mol. The summed E-state index contributed by atoms with van der Waals surface area (Å²) in [6.07, 6.45) is 6.81. The Morgan fingerprint density at radius 2 is 1.93 bits per heavy atom. The fourth-order valence-electron chi connectivity index (χ4n) is 3.78. The third-order valence-corrected chi connectivity index (χ3v) is 5.46. The van der Waals surface area contributed by atoms with Gasteiger partial charge in [-0.15, -0.1) is 6.42 Å². The summed E-state index contributed by atoms with van der Waals surface area (Å²) in [7, 11) is 0. The Hall–Kier alpha value is -3.27. The summed E-state index contributed by atoms with van der Waals surface area (Å²) in [5, 5.41) is 0. The van der Waals surface area contributed by atoms with E-state index in [-0.39, 0.29) is 12.2 Å². The van der Waals surface area contributed by atoms with Crippen LogP contribution in [0.15, 0.2) is 36.7 Å². The minimum absolute atomic E-state index is 0.0479. The molecular formula is C20H15F2N5. The van der Waals surface area contributed by atoms with Gasteiger partial charge in [0, 0.05) is 30.6 Å². The van der Waals surface area contributed by atoms with Crippen molar-refractivity contribution in [3.8, 4) is 23.6 Å². The van der Waals surface area contributed by atoms with Gasteiger partial charge >= 0.3 is 0 Å². The average Bonchev–Trinajstić information content (AvgIpc) is 3.23. The van der Waals surface area contributed by atoms with E-state index in [4.69, 9.17) is 12.2 Å². The zero-order valence-corrected chi connectivity index (χ0v) is 14.3. The fourth-order valence-corrected chi connectivity index (χ4v) is 3.78. The largest absolute Gasteiger partial charge is 0.382 e. The molecule has 1 spiro atoms. The molecule has 27 heavy (non-hydrogen) atoms. The van der Waals surface area contributed by atoms with E-state index in [1.807, 2.05) is 35.2 Å². The molecule has 2 aliphatic rings. The highest BCUT2D eigenvalue weighted by molar-refractivity contribution is 5.96. The standard InChI is InChI=1S/C20H15F2N5/c1-2-12-4-3-5-13(6-12)14-7-15(16-17(26-14)18(23)25-11-24-16)27-9-19(10-27)8-20(19,21)22/h1,3-7,11H,8-10H2,(H2,23,24,25). The van der Waals surface area contributed by atoms with E-state index in [1.165, 1.54) is 6.33 Å². The van der Waals surface area contributed by atoms with Crippen molar-refractivity contribution >= 4 is 22.5 Å². The Balaban J connectivity index is 1.64. The van der Waals surface area contributed by atoms with Crippen LogP contribution in [0.3, 0.4) is 0 Å². The molecule has 1 aliphatic carbocycles. The van der Waals surface area contributed by atoms with E-state index in [2.05, 4.69) is 20.9 Å². The Bertz CT molecular complexity index is 1130. The number of benzene rings is 1. The number of anilines is 2. The van der Waals surface area contributed by atoms with Crippen molar-refractivity contribution in [3.63, 3.8) is 0 Å². The zero-order valence-electron chi connectivity index (χ0n) is 14.3. The van der Waals surface area contributed by atoms with Gasteiger partial charge in [-0.2, -0.15) is 0 Å². The molecule has 5 rings (SSSR count). The Kier molecular flexibility index (Phi) is 3.03. The van der Waals surface area contributed by atoms with Crippen LogP contribution in [0.5, 0.6) is 0 Å². The molecule has 0 radical (unpaired) electrons. The molecular weight excluding hydrogens is 348 g/mol. The van der Waals surface area contributed by atoms with E-state index in [9.17, 15) is 8.78 Å². The SMILES string of the molecule is C#Cc1cccc(-c2cc(N3CC4(C3)CC4(F)F)c3ncnc(N)c3n2)c1. The van der Waals surface area contributed by atoms with Crippen molar-refractivity contribution in [2.45, 2.75) is 12.3 Å². The molecule has 0 bridgehead atoms. The lowest BCUT2D eigenvalue weighted by Gasteiger charge is -2.42. The highest BCUT2D eigenvalue weighted by Crippen LogP contribution is 2.65. The van der Waals surface area contributed by atoms with Crippen molar-refractivity contribution in [2.24, 2.45) is 5.41 Å². The number of hydrogen-bond donors (Lipinski definition) is 1. The Morgan fingerprint density at radius 1 is 1.15 bits per heavy atom. The van der Waals surface area contributed by atoms with Gasteiger partial charge in [0.05, 0.1) is 16.8 Å². The van der Waals surface area contributed by atoms with Crippen LogP contribution >= 0.6 is 0 Å². The van der Waals surface area contributed by atoms with Crippen LogP contribution < -0.4 is 10.6 Å². The maximum absolute atomic E-state index is 13.6. The van der Waals surface area contributed by atoms with Crippen molar-refractivity contribution in [1.29, 1.82) is 0 Å². The number of pyridine rings is 1. The molecule has 1 saturated carbocycles. The Morgan fingerprint density at radius 3 is 2.63 bits per heavy atom. The minimum Gasteiger partial charge on any atom is -0.382 e. The van der Waals surface area contributed by atoms with Gasteiger partial charge < -0.3 is 10.6 Å². The molecule has 3 aromatic rings. The topological polar surface area (TPSA) is 67.9 Å². The number of terminal acetylenes is 1. The van der Waals surface area contributed by atoms with Crippen LogP contribution in [0, 0.1) is 17.8 Å². The number of aromatic nitrogens is 3. The number of hydrogen-bond acceptors (Lipinski definition) is 5. The first-order valence-corrected chi connectivity index (χ1v) is 8.54. The number of nitrogens with two attached hydrogens (primary N) is 1. The lowest BCUT2D eigenvalue weighted by molar-refractivity contribution is 0.0521. The molecule has 2 aromatic heterocycles. The maximum Gasteiger partial charge on any atom is 0.258 e. The van der Waals surface area contributed by atoms with E-state index in [0.29, 0.717) is 29.8 Å². The summed E-state index contributed by atoms with van der Waals surface area (Å²) >= 11 is 0. The molecule has 0 unspecified atom stereocenters. The summed E-state index contributed by atoms with van der Waals surface area (Å²) in [5.74, 6) is 0.290. The summed E-state index contributed by atoms with van der Waals surface area (Å²) in [6, 6.07) is 9.29. The van der Waals surface area contributed by atoms with Crippen LogP contribution in [0.1, 0.15) is 12.0 Å². The number of fused-ring (bicyclic) bond motifs is 1. The van der Waals surface area contributed by atoms with Gasteiger partial charge in [0.1, 0.15) is 17.4 Å². The quantitative estimate of drug-likeness (QED) is 0.709. The van der Waals surface area contributed by atoms with Gasteiger partial charge in [-0.1, -0.05) is 18.1 Å². The number of nitrogens with zero attached hydrogens (tertiary/aromatic N) is 4. The first kappa shape index (κ1) is 15.9. The number of halogens is 2. The van der Waals surface area contributed by atoms with Crippen LogP contribution in [0.4, 0.5) is 20.3 Å². The molecule has 5 nitrogen and oxygen atoms in total. The number of rotatable bonds is 2. The summed E-state index contributed by atoms with van der Waals surface area (Å²) in [4.78, 5) is 14.8. The second-order valence-electron chi connectivity index (χ2n) is 7.23. The van der Waals surface area contributed by atoms with Gasteiger partial charge in [0.15, 0.2) is 5.82 Å². The molecule has 134 valence electrons. The first-order valence-electron chi connectivity index (χ1n) is 8.54. The minimum atomic E-state index is -2.57. The molecule has 3 heterocycles. The molecule has 1 aromatic carbocycles. The molecule has 1 aliphatic heterocycles. The van der Waals surface area contributed by atoms with Gasteiger partial charge in [-0.05, 0) is 18.2 Å². The highest BCUT2D eigenvalue weighted by Gasteiger charge is 2.76. The molecule has 0 amide bonds. The van der Waals surface area contributed by atoms with E-state index >= 15 is 0 Å². The van der Waals surface area contributed by atoms with Gasteiger partial charge in [-0.3, -0.25) is 0 Å². The van der Waals surface area contributed by atoms with Crippen molar-refractivity contribution in [2.75, 3.05) is 23.7 Å². The van der Waals surface area contributed by atoms with Gasteiger partial charge in [-0.25, -0.2) is 23.7 Å². The molecule has 7 heteroatoms. The lowest BCUT2D eigenvalue weighted by Crippen LogP contribution is -2.51. The van der Waals surface area contributed by atoms with Crippen LogP contribution in [0.25, 0.3) is 22.3 Å². The molecule has 0 atom stereocenters. The third kappa shape index (κ3) is 2.26. The van der Waals surface area contributed by atoms with Crippen molar-refractivity contribution in [3.05, 3.63) is 42.2 Å². The molecule has 1 saturated heterocycles. The third-order valence-electron chi connectivity index (χ3n) is 5.46. The number of nitrogen functional groups attached to an aromatic ring is 1. The number of alkyl halides is 2. The van der Waals surface area contributed by atoms with Crippen molar-refractivity contribution in [1.82, 2.24) is 15.0 Å². The van der Waals surface area contributed by atoms with E-state index in [1.54, 1.807) is 0 Å². The molecule has 2 N–H and O–H groups in total. The zero-order chi connectivity index (χ0) is 18.8. The predicted octanol–water partition coefficient (Wildman–Crippen LogP) is 3.10. The summed E-state index contributed by atoms with van der Waals surface area (Å²) in [5.41, 5.74) is 9.10. The first-order chi connectivity index (χ1) is 12.9. The van der Waals surface area contributed by atoms with Crippen LogP contribution in [-0.2, 0) is 0 Å². The molecule has 2 fully saturated rings. The van der Waals surface area contributed by atoms with Crippen LogP contribution in [0.2, 0.25) is 0 Å². The van der Waals surface area contributed by atoms with Crippen molar-refractivity contribution < 1.29 is 8.78 Å². The smallest absolute Gasteiger partial charge is 0.258 e. The Labute approximate surface area is 154 Å². The fraction of sp³-hybridized carbons (Fsp3) is 0.250.